The molecule has 1 atom stereocenters. The molecule has 0 bridgehead atoms. The Bertz CT molecular complexity index is 587. The summed E-state index contributed by atoms with van der Waals surface area (Å²) >= 11 is 0. The van der Waals surface area contributed by atoms with Gasteiger partial charge in [0.05, 0.1) is 16.8 Å². The number of carboxylic acids is 1. The van der Waals surface area contributed by atoms with Crippen molar-refractivity contribution >= 4 is 17.6 Å². The third-order valence-corrected chi connectivity index (χ3v) is 3.44. The van der Waals surface area contributed by atoms with E-state index in [9.17, 15) is 22.8 Å². The van der Waals surface area contributed by atoms with Crippen molar-refractivity contribution in [2.75, 3.05) is 11.4 Å². The van der Waals surface area contributed by atoms with Crippen molar-refractivity contribution in [1.82, 2.24) is 0 Å². The lowest BCUT2D eigenvalue weighted by molar-refractivity contribution is -0.137. The van der Waals surface area contributed by atoms with Crippen molar-refractivity contribution in [1.29, 1.82) is 0 Å². The first-order valence-electron chi connectivity index (χ1n) is 6.22. The van der Waals surface area contributed by atoms with E-state index in [-0.39, 0.29) is 5.69 Å². The molecule has 5 nitrogen and oxygen atoms in total. The average Bonchev–Trinajstić information content (AvgIpc) is 2.85. The molecule has 2 rings (SSSR count). The quantitative estimate of drug-likeness (QED) is 0.892. The van der Waals surface area contributed by atoms with Crippen LogP contribution in [0.25, 0.3) is 0 Å². The first-order chi connectivity index (χ1) is 9.71. The Kier molecular flexibility index (Phi) is 3.80. The lowest BCUT2D eigenvalue weighted by atomic mass is 10.1. The van der Waals surface area contributed by atoms with Gasteiger partial charge in [0.2, 0.25) is 5.91 Å². The summed E-state index contributed by atoms with van der Waals surface area (Å²) in [5, 5.41) is 9.13. The molecule has 3 N–H and O–H groups in total. The highest BCUT2D eigenvalue weighted by Gasteiger charge is 2.35. The minimum atomic E-state index is -4.63. The van der Waals surface area contributed by atoms with Crippen molar-refractivity contribution < 1.29 is 27.9 Å². The average molecular weight is 302 g/mol. The monoisotopic (exact) mass is 302 g/mol. The van der Waals surface area contributed by atoms with E-state index in [0.717, 1.165) is 12.1 Å². The predicted molar refractivity (Wildman–Crippen MR) is 68.0 cm³/mol. The number of carbonyl (C=O) groups is 2. The highest BCUT2D eigenvalue weighted by atomic mass is 19.4. The Balaban J connectivity index is 2.49. The van der Waals surface area contributed by atoms with Gasteiger partial charge in [-0.3, -0.25) is 4.79 Å². The fraction of sp³-hybridized carbons (Fsp3) is 0.385. The van der Waals surface area contributed by atoms with Crippen molar-refractivity contribution in [2.24, 2.45) is 5.73 Å². The van der Waals surface area contributed by atoms with Gasteiger partial charge in [-0.25, -0.2) is 4.79 Å². The van der Waals surface area contributed by atoms with Gasteiger partial charge in [-0.05, 0) is 31.0 Å². The van der Waals surface area contributed by atoms with Crippen LogP contribution in [0.1, 0.15) is 28.8 Å². The number of aromatic carboxylic acids is 1. The molecule has 0 spiro atoms. The molecule has 0 aliphatic carbocycles. The Labute approximate surface area is 118 Å². The number of carbonyl (C=O) groups excluding carboxylic acids is 1. The van der Waals surface area contributed by atoms with E-state index in [1.165, 1.54) is 4.90 Å². The van der Waals surface area contributed by atoms with E-state index in [1.54, 1.807) is 0 Å². The molecule has 114 valence electrons. The van der Waals surface area contributed by atoms with E-state index in [4.69, 9.17) is 10.8 Å². The van der Waals surface area contributed by atoms with Crippen LogP contribution >= 0.6 is 0 Å². The molecule has 8 heteroatoms. The zero-order valence-electron chi connectivity index (χ0n) is 10.9. The van der Waals surface area contributed by atoms with Crippen LogP contribution in [-0.4, -0.2) is 29.6 Å². The van der Waals surface area contributed by atoms with Crippen LogP contribution in [0.15, 0.2) is 18.2 Å². The van der Waals surface area contributed by atoms with Gasteiger partial charge in [-0.1, -0.05) is 0 Å². The number of primary amides is 1. The van der Waals surface area contributed by atoms with E-state index in [1.807, 2.05) is 0 Å². The highest BCUT2D eigenvalue weighted by molar-refractivity contribution is 5.96. The number of hydrogen-bond donors (Lipinski definition) is 2. The van der Waals surface area contributed by atoms with Gasteiger partial charge < -0.3 is 15.7 Å². The second-order valence-corrected chi connectivity index (χ2v) is 4.79. The molecular weight excluding hydrogens is 289 g/mol. The Hall–Kier alpha value is -2.25. The second-order valence-electron chi connectivity index (χ2n) is 4.79. The number of nitrogens with two attached hydrogens (primary N) is 1. The fourth-order valence-corrected chi connectivity index (χ4v) is 2.48. The van der Waals surface area contributed by atoms with Gasteiger partial charge in [0.25, 0.3) is 0 Å². The van der Waals surface area contributed by atoms with Crippen LogP contribution in [0.5, 0.6) is 0 Å². The summed E-state index contributed by atoms with van der Waals surface area (Å²) < 4.78 is 38.0. The topological polar surface area (TPSA) is 83.6 Å². The molecule has 0 saturated carbocycles. The fourth-order valence-electron chi connectivity index (χ4n) is 2.48. The second kappa shape index (κ2) is 5.27. The summed E-state index contributed by atoms with van der Waals surface area (Å²) in [6.07, 6.45) is -3.56. The number of anilines is 1. The SMILES string of the molecule is NC(=O)C1CCCN1c1ccc(C(F)(F)F)cc1C(=O)O. The van der Waals surface area contributed by atoms with Crippen molar-refractivity contribution in [3.05, 3.63) is 29.3 Å². The van der Waals surface area contributed by atoms with Gasteiger partial charge in [-0.2, -0.15) is 13.2 Å². The maximum atomic E-state index is 12.7. The van der Waals surface area contributed by atoms with E-state index in [0.29, 0.717) is 25.5 Å². The molecule has 1 aliphatic rings. The summed E-state index contributed by atoms with van der Waals surface area (Å²) in [5.41, 5.74) is 3.79. The summed E-state index contributed by atoms with van der Waals surface area (Å²) in [7, 11) is 0. The van der Waals surface area contributed by atoms with Crippen LogP contribution in [0, 0.1) is 0 Å². The summed E-state index contributed by atoms with van der Waals surface area (Å²) in [6, 6.07) is 1.76. The van der Waals surface area contributed by atoms with Crippen LogP contribution in [-0.2, 0) is 11.0 Å². The molecule has 0 radical (unpaired) electrons. The zero-order chi connectivity index (χ0) is 15.8. The Morgan fingerprint density at radius 2 is 2.00 bits per heavy atom. The first kappa shape index (κ1) is 15.1. The molecule has 21 heavy (non-hydrogen) atoms. The Morgan fingerprint density at radius 1 is 1.33 bits per heavy atom. The van der Waals surface area contributed by atoms with Crippen molar-refractivity contribution in [2.45, 2.75) is 25.1 Å². The number of hydrogen-bond acceptors (Lipinski definition) is 3. The van der Waals surface area contributed by atoms with Gasteiger partial charge in [-0.15, -0.1) is 0 Å². The molecule has 1 saturated heterocycles. The summed E-state index contributed by atoms with van der Waals surface area (Å²) in [4.78, 5) is 24.0. The standard InChI is InChI=1S/C13H13F3N2O3/c14-13(15,16)7-3-4-9(8(6-7)12(20)21)18-5-1-2-10(18)11(17)19/h3-4,6,10H,1-2,5H2,(H2,17,19)(H,20,21). The predicted octanol–water partition coefficient (Wildman–Crippen LogP) is 1.86. The summed E-state index contributed by atoms with van der Waals surface area (Å²) in [5.74, 6) is -2.10. The number of rotatable bonds is 3. The minimum Gasteiger partial charge on any atom is -0.478 e. The smallest absolute Gasteiger partial charge is 0.416 e. The maximum absolute atomic E-state index is 12.7. The van der Waals surface area contributed by atoms with Crippen LogP contribution in [0.4, 0.5) is 18.9 Å². The molecule has 1 fully saturated rings. The van der Waals surface area contributed by atoms with Crippen LogP contribution in [0.3, 0.4) is 0 Å². The molecule has 1 unspecified atom stereocenters. The maximum Gasteiger partial charge on any atom is 0.416 e. The van der Waals surface area contributed by atoms with E-state index < -0.39 is 35.2 Å². The van der Waals surface area contributed by atoms with Crippen molar-refractivity contribution in [3.63, 3.8) is 0 Å². The highest BCUT2D eigenvalue weighted by Crippen LogP contribution is 2.35. The molecule has 1 aromatic rings. The third-order valence-electron chi connectivity index (χ3n) is 3.44. The lowest BCUT2D eigenvalue weighted by Crippen LogP contribution is -2.41. The molecule has 1 heterocycles. The molecule has 1 aromatic carbocycles. The number of amides is 1. The zero-order valence-corrected chi connectivity index (χ0v) is 10.9. The van der Waals surface area contributed by atoms with Crippen LogP contribution < -0.4 is 10.6 Å². The number of halogens is 3. The number of carboxylic acid groups (broad SMARTS) is 1. The minimum absolute atomic E-state index is 0.0804. The van der Waals surface area contributed by atoms with Gasteiger partial charge in [0.1, 0.15) is 6.04 Å². The Morgan fingerprint density at radius 3 is 2.52 bits per heavy atom. The molecule has 0 aromatic heterocycles. The van der Waals surface area contributed by atoms with Crippen LogP contribution in [0.2, 0.25) is 0 Å². The molecule has 1 amide bonds. The molecule has 1 aliphatic heterocycles. The third kappa shape index (κ3) is 2.93. The number of nitrogens with zero attached hydrogens (tertiary/aromatic N) is 1. The van der Waals surface area contributed by atoms with Gasteiger partial charge in [0, 0.05) is 6.54 Å². The van der Waals surface area contributed by atoms with Crippen molar-refractivity contribution in [3.8, 4) is 0 Å². The summed E-state index contributed by atoms with van der Waals surface area (Å²) in [6.45, 7) is 0.374. The largest absolute Gasteiger partial charge is 0.478 e. The van der Waals surface area contributed by atoms with Gasteiger partial charge in [0.15, 0.2) is 0 Å². The normalized spacial score (nSPS) is 18.8. The van der Waals surface area contributed by atoms with E-state index >= 15 is 0 Å². The molecular formula is C13H13F3N2O3. The lowest BCUT2D eigenvalue weighted by Gasteiger charge is -2.26. The van der Waals surface area contributed by atoms with Gasteiger partial charge >= 0.3 is 12.1 Å². The van der Waals surface area contributed by atoms with E-state index in [2.05, 4.69) is 0 Å². The first-order valence-corrected chi connectivity index (χ1v) is 6.22. The number of alkyl halides is 3. The number of benzene rings is 1.